The van der Waals surface area contributed by atoms with E-state index >= 15 is 0 Å². The fourth-order valence-electron chi connectivity index (χ4n) is 2.79. The van der Waals surface area contributed by atoms with Crippen LogP contribution in [0.1, 0.15) is 18.5 Å². The largest absolute Gasteiger partial charge is 0.314 e. The Bertz CT molecular complexity index is 451. The summed E-state index contributed by atoms with van der Waals surface area (Å²) < 4.78 is 0. The summed E-state index contributed by atoms with van der Waals surface area (Å²) in [7, 11) is 4.22. The molecule has 112 valence electrons. The minimum absolute atomic E-state index is 0.344. The van der Waals surface area contributed by atoms with E-state index in [2.05, 4.69) is 42.2 Å². The van der Waals surface area contributed by atoms with Gasteiger partial charge in [-0.05, 0) is 38.7 Å². The van der Waals surface area contributed by atoms with Crippen molar-refractivity contribution in [1.82, 2.24) is 15.1 Å². The molecule has 20 heavy (non-hydrogen) atoms. The zero-order valence-electron chi connectivity index (χ0n) is 12.4. The number of likely N-dealkylation sites (N-methyl/N-ethyl adjacent to an activating group) is 1. The summed E-state index contributed by atoms with van der Waals surface area (Å²) in [5, 5.41) is 4.70. The standard InChI is InChI=1S/C15H23Cl2N3/c1-11-9-18-6-7-20(11)15(10-19(2)3)12-4-5-13(16)14(17)8-12/h4-5,8,11,15,18H,6-7,9-10H2,1-3H3. The third-order valence-corrected chi connectivity index (χ3v) is 4.56. The van der Waals surface area contributed by atoms with Crippen LogP contribution in [0.25, 0.3) is 0 Å². The predicted molar refractivity (Wildman–Crippen MR) is 86.8 cm³/mol. The first-order chi connectivity index (χ1) is 9.49. The van der Waals surface area contributed by atoms with Gasteiger partial charge in [-0.1, -0.05) is 29.3 Å². The average molecular weight is 316 g/mol. The topological polar surface area (TPSA) is 18.5 Å². The first-order valence-electron chi connectivity index (χ1n) is 7.05. The van der Waals surface area contributed by atoms with E-state index in [0.717, 1.165) is 26.2 Å². The molecule has 0 radical (unpaired) electrons. The number of nitrogens with zero attached hydrogens (tertiary/aromatic N) is 2. The fourth-order valence-corrected chi connectivity index (χ4v) is 3.09. The summed E-state index contributed by atoms with van der Waals surface area (Å²) in [4.78, 5) is 4.78. The Morgan fingerprint density at radius 2 is 2.10 bits per heavy atom. The van der Waals surface area contributed by atoms with Gasteiger partial charge in [0, 0.05) is 38.3 Å². The Labute approximate surface area is 131 Å². The summed E-state index contributed by atoms with van der Waals surface area (Å²) in [5.41, 5.74) is 1.24. The lowest BCUT2D eigenvalue weighted by atomic mass is 10.0. The van der Waals surface area contributed by atoms with Crippen molar-refractivity contribution in [2.24, 2.45) is 0 Å². The number of rotatable bonds is 4. The van der Waals surface area contributed by atoms with Crippen molar-refractivity contribution < 1.29 is 0 Å². The molecule has 1 aliphatic heterocycles. The van der Waals surface area contributed by atoms with Gasteiger partial charge in [-0.2, -0.15) is 0 Å². The molecule has 0 aliphatic carbocycles. The highest BCUT2D eigenvalue weighted by atomic mass is 35.5. The molecule has 1 saturated heterocycles. The van der Waals surface area contributed by atoms with E-state index < -0.39 is 0 Å². The van der Waals surface area contributed by atoms with E-state index in [1.807, 2.05) is 12.1 Å². The maximum atomic E-state index is 6.19. The van der Waals surface area contributed by atoms with Gasteiger partial charge >= 0.3 is 0 Å². The number of hydrogen-bond acceptors (Lipinski definition) is 3. The molecule has 0 amide bonds. The number of nitrogens with one attached hydrogen (secondary N) is 1. The van der Waals surface area contributed by atoms with Crippen LogP contribution in [0.3, 0.4) is 0 Å². The molecular formula is C15H23Cl2N3. The summed E-state index contributed by atoms with van der Waals surface area (Å²) in [6.07, 6.45) is 0. The van der Waals surface area contributed by atoms with Crippen molar-refractivity contribution in [3.63, 3.8) is 0 Å². The Balaban J connectivity index is 2.28. The molecule has 2 rings (SSSR count). The third kappa shape index (κ3) is 3.86. The van der Waals surface area contributed by atoms with Crippen LogP contribution in [0, 0.1) is 0 Å². The number of benzene rings is 1. The van der Waals surface area contributed by atoms with E-state index in [1.54, 1.807) is 0 Å². The molecule has 0 spiro atoms. The van der Waals surface area contributed by atoms with Crippen molar-refractivity contribution in [2.45, 2.75) is 19.0 Å². The van der Waals surface area contributed by atoms with Crippen LogP contribution in [0.2, 0.25) is 10.0 Å². The number of hydrogen-bond donors (Lipinski definition) is 1. The first kappa shape index (κ1) is 16.1. The molecule has 1 aliphatic rings. The van der Waals surface area contributed by atoms with Crippen LogP contribution in [-0.4, -0.2) is 56.1 Å². The Morgan fingerprint density at radius 3 is 2.70 bits per heavy atom. The molecule has 1 aromatic carbocycles. The molecule has 0 bridgehead atoms. The van der Waals surface area contributed by atoms with Gasteiger partial charge in [0.05, 0.1) is 10.0 Å². The smallest absolute Gasteiger partial charge is 0.0595 e. The lowest BCUT2D eigenvalue weighted by Gasteiger charge is -2.41. The first-order valence-corrected chi connectivity index (χ1v) is 7.80. The van der Waals surface area contributed by atoms with Gasteiger partial charge in [0.15, 0.2) is 0 Å². The lowest BCUT2D eigenvalue weighted by molar-refractivity contribution is 0.0968. The van der Waals surface area contributed by atoms with E-state index in [9.17, 15) is 0 Å². The van der Waals surface area contributed by atoms with Crippen molar-refractivity contribution >= 4 is 23.2 Å². The second-order valence-electron chi connectivity index (χ2n) is 5.74. The highest BCUT2D eigenvalue weighted by Gasteiger charge is 2.27. The monoisotopic (exact) mass is 315 g/mol. The number of piperazine rings is 1. The zero-order chi connectivity index (χ0) is 14.7. The molecule has 0 saturated carbocycles. The van der Waals surface area contributed by atoms with E-state index in [4.69, 9.17) is 23.2 Å². The molecule has 1 fully saturated rings. The van der Waals surface area contributed by atoms with Gasteiger partial charge in [0.25, 0.3) is 0 Å². The minimum Gasteiger partial charge on any atom is -0.314 e. The second kappa shape index (κ2) is 7.10. The van der Waals surface area contributed by atoms with E-state index in [-0.39, 0.29) is 0 Å². The molecule has 3 nitrogen and oxygen atoms in total. The van der Waals surface area contributed by atoms with Gasteiger partial charge in [0.2, 0.25) is 0 Å². The predicted octanol–water partition coefficient (Wildman–Crippen LogP) is 2.89. The molecule has 1 N–H and O–H groups in total. The Morgan fingerprint density at radius 1 is 1.35 bits per heavy atom. The van der Waals surface area contributed by atoms with E-state index in [0.29, 0.717) is 22.1 Å². The SMILES string of the molecule is CC1CNCCN1C(CN(C)C)c1ccc(Cl)c(Cl)c1. The second-order valence-corrected chi connectivity index (χ2v) is 6.56. The van der Waals surface area contributed by atoms with Crippen molar-refractivity contribution in [2.75, 3.05) is 40.3 Å². The molecule has 2 unspecified atom stereocenters. The van der Waals surface area contributed by atoms with Gasteiger partial charge in [-0.3, -0.25) is 4.90 Å². The van der Waals surface area contributed by atoms with Gasteiger partial charge < -0.3 is 10.2 Å². The molecule has 2 atom stereocenters. The normalized spacial score (nSPS) is 22.2. The summed E-state index contributed by atoms with van der Waals surface area (Å²) in [5.74, 6) is 0. The lowest BCUT2D eigenvalue weighted by Crippen LogP contribution is -2.52. The number of halogens is 2. The molecule has 1 aromatic rings. The van der Waals surface area contributed by atoms with Crippen LogP contribution >= 0.6 is 23.2 Å². The van der Waals surface area contributed by atoms with Gasteiger partial charge in [-0.25, -0.2) is 0 Å². The quantitative estimate of drug-likeness (QED) is 0.921. The summed E-state index contributed by atoms with van der Waals surface area (Å²) in [6, 6.07) is 6.86. The Hall–Kier alpha value is -0.320. The average Bonchev–Trinajstić information content (AvgIpc) is 2.40. The van der Waals surface area contributed by atoms with E-state index in [1.165, 1.54) is 5.56 Å². The van der Waals surface area contributed by atoms with Crippen LogP contribution in [-0.2, 0) is 0 Å². The summed E-state index contributed by atoms with van der Waals surface area (Å²) in [6.45, 7) is 6.37. The molecule has 1 heterocycles. The van der Waals surface area contributed by atoms with Crippen molar-refractivity contribution in [3.05, 3.63) is 33.8 Å². The van der Waals surface area contributed by atoms with Crippen LogP contribution in [0.15, 0.2) is 18.2 Å². The Kier molecular flexibility index (Phi) is 5.70. The van der Waals surface area contributed by atoms with Crippen LogP contribution in [0.4, 0.5) is 0 Å². The van der Waals surface area contributed by atoms with Gasteiger partial charge in [0.1, 0.15) is 0 Å². The summed E-state index contributed by atoms with van der Waals surface area (Å²) >= 11 is 12.2. The fraction of sp³-hybridized carbons (Fsp3) is 0.600. The third-order valence-electron chi connectivity index (χ3n) is 3.82. The van der Waals surface area contributed by atoms with Crippen molar-refractivity contribution in [1.29, 1.82) is 0 Å². The van der Waals surface area contributed by atoms with Crippen LogP contribution in [0.5, 0.6) is 0 Å². The molecule has 0 aromatic heterocycles. The van der Waals surface area contributed by atoms with Crippen LogP contribution < -0.4 is 5.32 Å². The van der Waals surface area contributed by atoms with Crippen molar-refractivity contribution in [3.8, 4) is 0 Å². The minimum atomic E-state index is 0.344. The highest BCUT2D eigenvalue weighted by Crippen LogP contribution is 2.30. The zero-order valence-corrected chi connectivity index (χ0v) is 13.9. The maximum absolute atomic E-state index is 6.19. The molecule has 5 heteroatoms. The van der Waals surface area contributed by atoms with Gasteiger partial charge in [-0.15, -0.1) is 0 Å². The highest BCUT2D eigenvalue weighted by molar-refractivity contribution is 6.42. The maximum Gasteiger partial charge on any atom is 0.0595 e. The molecular weight excluding hydrogens is 293 g/mol.